The number of benzene rings is 2. The summed E-state index contributed by atoms with van der Waals surface area (Å²) in [4.78, 5) is 25.2. The molecule has 1 aliphatic carbocycles. The van der Waals surface area contributed by atoms with Crippen LogP contribution in [0.15, 0.2) is 60.7 Å². The van der Waals surface area contributed by atoms with E-state index in [4.69, 9.17) is 4.74 Å². The Hall–Kier alpha value is -3.48. The molecule has 4 rings (SSSR count). The zero-order valence-corrected chi connectivity index (χ0v) is 14.9. The fraction of sp³-hybridized carbons (Fsp3) is 0.190. The molecule has 1 atom stereocenters. The van der Waals surface area contributed by atoms with Gasteiger partial charge in [0.15, 0.2) is 0 Å². The zero-order chi connectivity index (χ0) is 19.5. The van der Waals surface area contributed by atoms with Crippen molar-refractivity contribution in [1.29, 1.82) is 0 Å². The van der Waals surface area contributed by atoms with Crippen molar-refractivity contribution in [2.45, 2.75) is 25.0 Å². The Labute approximate surface area is 160 Å². The molecule has 1 heterocycles. The monoisotopic (exact) mass is 379 g/mol. The Balaban J connectivity index is 1.54. The van der Waals surface area contributed by atoms with Gasteiger partial charge in [0.2, 0.25) is 6.10 Å². The summed E-state index contributed by atoms with van der Waals surface area (Å²) < 4.78 is 18.7. The highest BCUT2D eigenvalue weighted by Crippen LogP contribution is 2.25. The Morgan fingerprint density at radius 2 is 1.82 bits per heavy atom. The molecule has 0 aliphatic heterocycles. The van der Waals surface area contributed by atoms with E-state index < -0.39 is 23.8 Å². The Morgan fingerprint density at radius 3 is 2.50 bits per heavy atom. The maximum absolute atomic E-state index is 13.2. The molecule has 0 bridgehead atoms. The third-order valence-corrected chi connectivity index (χ3v) is 4.43. The van der Waals surface area contributed by atoms with Gasteiger partial charge < -0.3 is 10.1 Å². The predicted molar refractivity (Wildman–Crippen MR) is 99.7 cm³/mol. The molecule has 2 aromatic carbocycles. The number of ether oxygens (including phenoxy) is 1. The van der Waals surface area contributed by atoms with E-state index in [1.807, 2.05) is 30.3 Å². The molecule has 7 heteroatoms. The molecule has 1 saturated carbocycles. The van der Waals surface area contributed by atoms with E-state index in [0.717, 1.165) is 18.4 Å². The third-order valence-electron chi connectivity index (χ3n) is 4.43. The Bertz CT molecular complexity index is 982. The predicted octanol–water partition coefficient (Wildman–Crippen LogP) is 3.39. The first-order chi connectivity index (χ1) is 13.6. The highest BCUT2D eigenvalue weighted by molar-refractivity contribution is 5.92. The minimum absolute atomic E-state index is 0.103. The normalized spacial score (nSPS) is 14.3. The summed E-state index contributed by atoms with van der Waals surface area (Å²) in [7, 11) is 0. The Morgan fingerprint density at radius 1 is 1.11 bits per heavy atom. The fourth-order valence-corrected chi connectivity index (χ4v) is 2.77. The molecule has 28 heavy (non-hydrogen) atoms. The zero-order valence-electron chi connectivity index (χ0n) is 14.9. The summed E-state index contributed by atoms with van der Waals surface area (Å²) in [5.41, 5.74) is 1.97. The highest BCUT2D eigenvalue weighted by atomic mass is 19.1. The third kappa shape index (κ3) is 4.09. The number of carbonyl (C=O) groups is 2. The van der Waals surface area contributed by atoms with Crippen molar-refractivity contribution >= 4 is 11.9 Å². The number of halogens is 1. The largest absolute Gasteiger partial charge is 0.443 e. The number of amides is 1. The van der Waals surface area contributed by atoms with Crippen molar-refractivity contribution in [2.24, 2.45) is 0 Å². The lowest BCUT2D eigenvalue weighted by atomic mass is 10.1. The summed E-state index contributed by atoms with van der Waals surface area (Å²) >= 11 is 0. The van der Waals surface area contributed by atoms with Crippen LogP contribution >= 0.6 is 0 Å². The van der Waals surface area contributed by atoms with Crippen LogP contribution in [-0.2, 0) is 9.53 Å². The van der Waals surface area contributed by atoms with Crippen LogP contribution in [0.5, 0.6) is 0 Å². The topological polar surface area (TPSA) is 84.1 Å². The standard InChI is InChI=1S/C21H18FN3O3/c22-15-8-6-14(7-9-15)19(20(26)23-16-10-11-16)28-21(27)18-12-17(24-25-18)13-4-2-1-3-5-13/h1-9,12,16,19H,10-11H2,(H,23,26)(H,24,25). The number of hydrogen-bond acceptors (Lipinski definition) is 4. The van der Waals surface area contributed by atoms with E-state index in [1.165, 1.54) is 24.3 Å². The van der Waals surface area contributed by atoms with Gasteiger partial charge in [0.25, 0.3) is 5.91 Å². The summed E-state index contributed by atoms with van der Waals surface area (Å²) in [6, 6.07) is 16.4. The van der Waals surface area contributed by atoms with Crippen LogP contribution in [0.2, 0.25) is 0 Å². The maximum Gasteiger partial charge on any atom is 0.357 e. The smallest absolute Gasteiger partial charge is 0.357 e. The number of aromatic nitrogens is 2. The number of nitrogens with one attached hydrogen (secondary N) is 2. The summed E-state index contributed by atoms with van der Waals surface area (Å²) in [5, 5.41) is 9.59. The average Bonchev–Trinajstić information content (AvgIpc) is 3.38. The molecule has 0 spiro atoms. The van der Waals surface area contributed by atoms with Crippen LogP contribution in [0.25, 0.3) is 11.3 Å². The van der Waals surface area contributed by atoms with Crippen LogP contribution in [0.3, 0.4) is 0 Å². The molecule has 1 aliphatic rings. The van der Waals surface area contributed by atoms with Gasteiger partial charge in [-0.2, -0.15) is 5.10 Å². The van der Waals surface area contributed by atoms with Crippen LogP contribution in [0.1, 0.15) is 35.0 Å². The highest BCUT2D eigenvalue weighted by Gasteiger charge is 2.31. The van der Waals surface area contributed by atoms with Gasteiger partial charge in [0, 0.05) is 17.2 Å². The van der Waals surface area contributed by atoms with E-state index >= 15 is 0 Å². The molecule has 1 amide bonds. The molecular weight excluding hydrogens is 361 g/mol. The first-order valence-corrected chi connectivity index (χ1v) is 8.98. The van der Waals surface area contributed by atoms with Crippen molar-refractivity contribution < 1.29 is 18.7 Å². The molecule has 1 fully saturated rings. The van der Waals surface area contributed by atoms with Gasteiger partial charge in [-0.25, -0.2) is 9.18 Å². The lowest BCUT2D eigenvalue weighted by Gasteiger charge is -2.17. The van der Waals surface area contributed by atoms with Crippen LogP contribution < -0.4 is 5.32 Å². The minimum atomic E-state index is -1.17. The Kier molecular flexibility index (Phi) is 4.89. The number of H-pyrrole nitrogens is 1. The number of carbonyl (C=O) groups excluding carboxylic acids is 2. The lowest BCUT2D eigenvalue weighted by molar-refractivity contribution is -0.130. The van der Waals surface area contributed by atoms with Crippen molar-refractivity contribution in [1.82, 2.24) is 15.5 Å². The first kappa shape index (κ1) is 17.9. The minimum Gasteiger partial charge on any atom is -0.443 e. The van der Waals surface area contributed by atoms with Crippen LogP contribution in [0, 0.1) is 5.82 Å². The second-order valence-electron chi connectivity index (χ2n) is 6.65. The van der Waals surface area contributed by atoms with Gasteiger partial charge in [-0.05, 0) is 31.0 Å². The van der Waals surface area contributed by atoms with Crippen LogP contribution in [-0.4, -0.2) is 28.1 Å². The molecule has 6 nitrogen and oxygen atoms in total. The van der Waals surface area contributed by atoms with Gasteiger partial charge in [0.1, 0.15) is 11.5 Å². The van der Waals surface area contributed by atoms with Gasteiger partial charge in [0.05, 0.1) is 5.69 Å². The van der Waals surface area contributed by atoms with E-state index in [9.17, 15) is 14.0 Å². The van der Waals surface area contributed by atoms with Crippen molar-refractivity contribution in [3.05, 3.63) is 77.7 Å². The molecule has 0 radical (unpaired) electrons. The van der Waals surface area contributed by atoms with Crippen molar-refractivity contribution in [2.75, 3.05) is 0 Å². The van der Waals surface area contributed by atoms with Crippen molar-refractivity contribution in [3.8, 4) is 11.3 Å². The second kappa shape index (κ2) is 7.64. The average molecular weight is 379 g/mol. The quantitative estimate of drug-likeness (QED) is 0.643. The van der Waals surface area contributed by atoms with E-state index in [2.05, 4.69) is 15.5 Å². The van der Waals surface area contributed by atoms with Gasteiger partial charge in [-0.15, -0.1) is 0 Å². The summed E-state index contributed by atoms with van der Waals surface area (Å²) in [6.07, 6.45) is 0.630. The molecule has 2 N–H and O–H groups in total. The molecule has 0 saturated heterocycles. The second-order valence-corrected chi connectivity index (χ2v) is 6.65. The summed E-state index contributed by atoms with van der Waals surface area (Å²) in [5.74, 6) is -1.57. The van der Waals surface area contributed by atoms with Gasteiger partial charge in [-0.1, -0.05) is 42.5 Å². The molecule has 1 unspecified atom stereocenters. The first-order valence-electron chi connectivity index (χ1n) is 8.98. The van der Waals surface area contributed by atoms with Gasteiger partial charge >= 0.3 is 5.97 Å². The summed E-state index contributed by atoms with van der Waals surface area (Å²) in [6.45, 7) is 0. The van der Waals surface area contributed by atoms with E-state index in [1.54, 1.807) is 6.07 Å². The number of esters is 1. The molecular formula is C21H18FN3O3. The SMILES string of the molecule is O=C(OC(C(=O)NC1CC1)c1ccc(F)cc1)c1cc(-c2ccccc2)n[nH]1. The van der Waals surface area contributed by atoms with Crippen molar-refractivity contribution in [3.63, 3.8) is 0 Å². The number of rotatable bonds is 6. The van der Waals surface area contributed by atoms with E-state index in [-0.39, 0.29) is 11.7 Å². The lowest BCUT2D eigenvalue weighted by Crippen LogP contribution is -2.33. The number of nitrogens with zero attached hydrogens (tertiary/aromatic N) is 1. The molecule has 3 aromatic rings. The molecule has 1 aromatic heterocycles. The maximum atomic E-state index is 13.2. The molecule has 142 valence electrons. The number of aromatic amines is 1. The van der Waals surface area contributed by atoms with Gasteiger partial charge in [-0.3, -0.25) is 9.89 Å². The fourth-order valence-electron chi connectivity index (χ4n) is 2.77. The van der Waals surface area contributed by atoms with E-state index in [0.29, 0.717) is 11.3 Å². The number of hydrogen-bond donors (Lipinski definition) is 2. The van der Waals surface area contributed by atoms with Crippen LogP contribution in [0.4, 0.5) is 4.39 Å².